The van der Waals surface area contributed by atoms with Crippen molar-refractivity contribution in [2.45, 2.75) is 19.1 Å². The van der Waals surface area contributed by atoms with Crippen molar-refractivity contribution in [2.24, 2.45) is 5.73 Å². The Balaban J connectivity index is 1.82. The number of benzene rings is 2. The lowest BCUT2D eigenvalue weighted by molar-refractivity contribution is -0.384. The van der Waals surface area contributed by atoms with Crippen molar-refractivity contribution in [3.05, 3.63) is 64.2 Å². The average molecular weight is 403 g/mol. The predicted molar refractivity (Wildman–Crippen MR) is 99.2 cm³/mol. The van der Waals surface area contributed by atoms with Crippen molar-refractivity contribution < 1.29 is 33.9 Å². The number of nitrogens with zero attached hydrogens (tertiary/aromatic N) is 1. The Hall–Kier alpha value is -3.99. The maximum Gasteiger partial charge on any atom is 0.514 e. The largest absolute Gasteiger partial charge is 0.514 e. The van der Waals surface area contributed by atoms with Gasteiger partial charge in [-0.15, -0.1) is 0 Å². The van der Waals surface area contributed by atoms with Gasteiger partial charge in [-0.05, 0) is 29.8 Å². The van der Waals surface area contributed by atoms with Crippen molar-refractivity contribution in [1.29, 1.82) is 0 Å². The van der Waals surface area contributed by atoms with Crippen LogP contribution < -0.4 is 15.8 Å². The number of nitrogens with two attached hydrogens (primary N) is 1. The number of non-ortho nitro benzene ring substituents is 1. The summed E-state index contributed by atoms with van der Waals surface area (Å²) >= 11 is 0. The Labute approximate surface area is 164 Å². The zero-order chi connectivity index (χ0) is 21.4. The first kappa shape index (κ1) is 21.3. The van der Waals surface area contributed by atoms with E-state index in [4.69, 9.17) is 20.3 Å². The number of carbonyl (C=O) groups excluding carboxylic acids is 2. The molecule has 11 nitrogen and oxygen atoms in total. The Morgan fingerprint density at radius 1 is 1.10 bits per heavy atom. The van der Waals surface area contributed by atoms with Gasteiger partial charge in [0.2, 0.25) is 5.91 Å². The van der Waals surface area contributed by atoms with Gasteiger partial charge in [0.1, 0.15) is 12.4 Å². The first-order valence-electron chi connectivity index (χ1n) is 8.21. The van der Waals surface area contributed by atoms with Gasteiger partial charge in [-0.3, -0.25) is 19.7 Å². The second-order valence-corrected chi connectivity index (χ2v) is 5.78. The third kappa shape index (κ3) is 6.92. The van der Waals surface area contributed by atoms with Gasteiger partial charge in [-0.25, -0.2) is 4.79 Å². The predicted octanol–water partition coefficient (Wildman–Crippen LogP) is 2.05. The van der Waals surface area contributed by atoms with E-state index in [0.717, 1.165) is 0 Å². The van der Waals surface area contributed by atoms with Crippen LogP contribution in [0.1, 0.15) is 12.0 Å². The summed E-state index contributed by atoms with van der Waals surface area (Å²) in [7, 11) is 0. The van der Waals surface area contributed by atoms with Crippen LogP contribution in [0, 0.1) is 10.1 Å². The zero-order valence-corrected chi connectivity index (χ0v) is 14.9. The number of hydrogen-bond donors (Lipinski definition) is 3. The highest BCUT2D eigenvalue weighted by Gasteiger charge is 2.17. The highest BCUT2D eigenvalue weighted by atomic mass is 16.7. The van der Waals surface area contributed by atoms with E-state index in [-0.39, 0.29) is 18.0 Å². The number of amides is 1. The number of nitro groups is 1. The highest BCUT2D eigenvalue weighted by molar-refractivity contribution is 5.96. The van der Waals surface area contributed by atoms with Crippen LogP contribution in [0.15, 0.2) is 48.5 Å². The number of carboxylic acid groups (broad SMARTS) is 1. The van der Waals surface area contributed by atoms with Crippen LogP contribution in [-0.2, 0) is 20.9 Å². The van der Waals surface area contributed by atoms with E-state index in [2.05, 4.69) is 5.32 Å². The second-order valence-electron chi connectivity index (χ2n) is 5.78. The van der Waals surface area contributed by atoms with Crippen molar-refractivity contribution >= 4 is 29.4 Å². The second kappa shape index (κ2) is 9.80. The van der Waals surface area contributed by atoms with E-state index in [1.165, 1.54) is 36.4 Å². The molecule has 0 fully saturated rings. The summed E-state index contributed by atoms with van der Waals surface area (Å²) in [6, 6.07) is 9.98. The Bertz CT molecular complexity index is 896. The number of nitrogens with one attached hydrogen (secondary N) is 1. The van der Waals surface area contributed by atoms with Gasteiger partial charge in [0.05, 0.1) is 17.4 Å². The molecule has 29 heavy (non-hydrogen) atoms. The molecule has 2 aromatic carbocycles. The normalized spacial score (nSPS) is 11.2. The van der Waals surface area contributed by atoms with E-state index in [1.54, 1.807) is 12.1 Å². The molecule has 0 aliphatic carbocycles. The molecule has 0 unspecified atom stereocenters. The third-order valence-corrected chi connectivity index (χ3v) is 3.56. The summed E-state index contributed by atoms with van der Waals surface area (Å²) in [6.45, 7) is -0.113. The standard InChI is InChI=1S/C18H17N3O8/c19-15(9-16(22)23)17(24)20-12-3-1-11(2-4-12)10-28-18(25)29-14-7-5-13(6-8-14)21(26)27/h1-8,15H,9-10,19H2,(H,20,24)(H,22,23)/t15-/m0/s1. The van der Waals surface area contributed by atoms with Crippen LogP contribution in [0.25, 0.3) is 0 Å². The molecule has 0 aliphatic rings. The number of anilines is 1. The molecule has 2 aromatic rings. The van der Waals surface area contributed by atoms with Crippen LogP contribution in [0.3, 0.4) is 0 Å². The van der Waals surface area contributed by atoms with Crippen LogP contribution in [-0.4, -0.2) is 34.1 Å². The number of carbonyl (C=O) groups is 3. The summed E-state index contributed by atoms with van der Waals surface area (Å²) in [5.41, 5.74) is 6.32. The van der Waals surface area contributed by atoms with Crippen molar-refractivity contribution in [1.82, 2.24) is 0 Å². The molecule has 0 radical (unpaired) electrons. The summed E-state index contributed by atoms with van der Waals surface area (Å²) in [5, 5.41) is 21.7. The first-order chi connectivity index (χ1) is 13.7. The lowest BCUT2D eigenvalue weighted by Gasteiger charge is -2.11. The topological polar surface area (TPSA) is 171 Å². The number of carboxylic acids is 1. The van der Waals surface area contributed by atoms with Crippen LogP contribution in [0.4, 0.5) is 16.2 Å². The van der Waals surface area contributed by atoms with E-state index in [0.29, 0.717) is 11.3 Å². The minimum Gasteiger partial charge on any atom is -0.481 e. The number of rotatable bonds is 8. The van der Waals surface area contributed by atoms with Gasteiger partial charge in [-0.1, -0.05) is 12.1 Å². The molecule has 0 heterocycles. The molecule has 0 aliphatic heterocycles. The van der Waals surface area contributed by atoms with Gasteiger partial charge in [0.25, 0.3) is 5.69 Å². The lowest BCUT2D eigenvalue weighted by Crippen LogP contribution is -2.37. The monoisotopic (exact) mass is 403 g/mol. The molecule has 0 aromatic heterocycles. The minimum atomic E-state index is -1.18. The van der Waals surface area contributed by atoms with Gasteiger partial charge in [0, 0.05) is 17.8 Å². The average Bonchev–Trinajstić information content (AvgIpc) is 2.67. The molecule has 4 N–H and O–H groups in total. The van der Waals surface area contributed by atoms with E-state index < -0.39 is 35.4 Å². The number of nitro benzene ring substituents is 1. The minimum absolute atomic E-state index is 0.0939. The fraction of sp³-hybridized carbons (Fsp3) is 0.167. The van der Waals surface area contributed by atoms with Crippen LogP contribution in [0.2, 0.25) is 0 Å². The van der Waals surface area contributed by atoms with E-state index in [9.17, 15) is 24.5 Å². The van der Waals surface area contributed by atoms with Crippen molar-refractivity contribution in [3.63, 3.8) is 0 Å². The third-order valence-electron chi connectivity index (χ3n) is 3.56. The number of aliphatic carboxylic acids is 1. The molecule has 11 heteroatoms. The van der Waals surface area contributed by atoms with Crippen molar-refractivity contribution in [2.75, 3.05) is 5.32 Å². The first-order valence-corrected chi connectivity index (χ1v) is 8.21. The molecular formula is C18H17N3O8. The Morgan fingerprint density at radius 2 is 1.72 bits per heavy atom. The fourth-order valence-corrected chi connectivity index (χ4v) is 2.10. The molecule has 2 rings (SSSR count). The summed E-state index contributed by atoms with van der Waals surface area (Å²) in [6.07, 6.45) is -1.48. The van der Waals surface area contributed by atoms with Crippen LogP contribution in [0.5, 0.6) is 5.75 Å². The maximum atomic E-state index is 11.8. The quantitative estimate of drug-likeness (QED) is 0.258. The summed E-state index contributed by atoms with van der Waals surface area (Å²) < 4.78 is 9.85. The molecule has 152 valence electrons. The van der Waals surface area contributed by atoms with E-state index >= 15 is 0 Å². The van der Waals surface area contributed by atoms with Gasteiger partial charge in [0.15, 0.2) is 0 Å². The maximum absolute atomic E-state index is 11.8. The highest BCUT2D eigenvalue weighted by Crippen LogP contribution is 2.18. The molecule has 0 saturated heterocycles. The van der Waals surface area contributed by atoms with E-state index in [1.807, 2.05) is 0 Å². The van der Waals surface area contributed by atoms with Gasteiger partial charge < -0.3 is 25.6 Å². The summed E-state index contributed by atoms with van der Waals surface area (Å²) in [5.74, 6) is -1.72. The molecule has 1 amide bonds. The number of ether oxygens (including phenoxy) is 2. The SMILES string of the molecule is N[C@@H](CC(=O)O)C(=O)Nc1ccc(COC(=O)Oc2ccc([N+](=O)[O-])cc2)cc1. The smallest absolute Gasteiger partial charge is 0.481 e. The lowest BCUT2D eigenvalue weighted by atomic mass is 10.2. The van der Waals surface area contributed by atoms with Crippen LogP contribution >= 0.6 is 0 Å². The van der Waals surface area contributed by atoms with Crippen molar-refractivity contribution in [3.8, 4) is 5.75 Å². The van der Waals surface area contributed by atoms with Gasteiger partial charge >= 0.3 is 12.1 Å². The molecule has 0 bridgehead atoms. The molecule has 0 spiro atoms. The molecule has 1 atom stereocenters. The molecular weight excluding hydrogens is 386 g/mol. The Kier molecular flexibility index (Phi) is 7.20. The molecule has 0 saturated carbocycles. The van der Waals surface area contributed by atoms with Gasteiger partial charge in [-0.2, -0.15) is 0 Å². The summed E-state index contributed by atoms with van der Waals surface area (Å²) in [4.78, 5) is 44.0. The fourth-order valence-electron chi connectivity index (χ4n) is 2.10. The zero-order valence-electron chi connectivity index (χ0n) is 14.9. The number of hydrogen-bond acceptors (Lipinski definition) is 8. The Morgan fingerprint density at radius 3 is 2.28 bits per heavy atom.